The summed E-state index contributed by atoms with van der Waals surface area (Å²) in [6.45, 7) is 1.28. The Morgan fingerprint density at radius 1 is 1.50 bits per heavy atom. The van der Waals surface area contributed by atoms with Crippen LogP contribution in [0.4, 0.5) is 13.2 Å². The number of halogens is 3. The number of aliphatic carboxylic acids is 1. The molecule has 1 fully saturated rings. The first-order valence-electron chi connectivity index (χ1n) is 6.23. The molecule has 2 unspecified atom stereocenters. The van der Waals surface area contributed by atoms with Crippen LogP contribution in [-0.2, 0) is 4.79 Å². The molecule has 20 heavy (non-hydrogen) atoms. The normalized spacial score (nSPS) is 25.6. The number of hydrogen-bond acceptors (Lipinski definition) is 3. The van der Waals surface area contributed by atoms with Gasteiger partial charge in [-0.25, -0.2) is 0 Å². The summed E-state index contributed by atoms with van der Waals surface area (Å²) in [4.78, 5) is 16.7. The van der Waals surface area contributed by atoms with Crippen molar-refractivity contribution in [3.63, 3.8) is 0 Å². The lowest BCUT2D eigenvalue weighted by atomic mass is 9.86. The van der Waals surface area contributed by atoms with Crippen molar-refractivity contribution in [3.05, 3.63) is 30.1 Å². The van der Waals surface area contributed by atoms with Crippen molar-refractivity contribution >= 4 is 5.97 Å². The van der Waals surface area contributed by atoms with E-state index in [1.54, 1.807) is 31.3 Å². The van der Waals surface area contributed by atoms with E-state index in [9.17, 15) is 18.0 Å². The van der Waals surface area contributed by atoms with Gasteiger partial charge in [-0.1, -0.05) is 6.07 Å². The molecule has 110 valence electrons. The van der Waals surface area contributed by atoms with Gasteiger partial charge < -0.3 is 5.11 Å². The first kappa shape index (κ1) is 14.8. The highest BCUT2D eigenvalue weighted by Gasteiger charge is 2.63. The molecule has 7 heteroatoms. The topological polar surface area (TPSA) is 53.4 Å². The van der Waals surface area contributed by atoms with Crippen molar-refractivity contribution in [3.8, 4) is 0 Å². The molecule has 0 aliphatic carbocycles. The third-order valence-electron chi connectivity index (χ3n) is 3.91. The zero-order valence-corrected chi connectivity index (χ0v) is 10.9. The first-order valence-corrected chi connectivity index (χ1v) is 6.23. The van der Waals surface area contributed by atoms with Gasteiger partial charge >= 0.3 is 12.1 Å². The second-order valence-electron chi connectivity index (χ2n) is 5.04. The van der Waals surface area contributed by atoms with Gasteiger partial charge in [0.25, 0.3) is 0 Å². The number of likely N-dealkylation sites (tertiary alicyclic amines) is 1. The van der Waals surface area contributed by atoms with E-state index in [2.05, 4.69) is 4.98 Å². The predicted octanol–water partition coefficient (Wildman–Crippen LogP) is 2.48. The zero-order chi connectivity index (χ0) is 15.0. The molecule has 1 aromatic heterocycles. The van der Waals surface area contributed by atoms with Crippen molar-refractivity contribution in [2.24, 2.45) is 5.41 Å². The third kappa shape index (κ3) is 2.37. The highest BCUT2D eigenvalue weighted by Crippen LogP contribution is 2.47. The number of carboxylic acids is 1. The third-order valence-corrected chi connectivity index (χ3v) is 3.91. The van der Waals surface area contributed by atoms with Crippen molar-refractivity contribution in [2.45, 2.75) is 25.6 Å². The van der Waals surface area contributed by atoms with Crippen LogP contribution in [0.1, 0.15) is 25.1 Å². The quantitative estimate of drug-likeness (QED) is 0.928. The van der Waals surface area contributed by atoms with Crippen molar-refractivity contribution < 1.29 is 23.1 Å². The molecule has 0 radical (unpaired) electrons. The molecule has 2 heterocycles. The smallest absolute Gasteiger partial charge is 0.406 e. The Morgan fingerprint density at radius 3 is 2.65 bits per heavy atom. The van der Waals surface area contributed by atoms with E-state index in [1.165, 1.54) is 4.90 Å². The lowest BCUT2D eigenvalue weighted by Gasteiger charge is -2.29. The maximum atomic E-state index is 13.1. The Balaban J connectivity index is 2.21. The molecule has 1 aliphatic heterocycles. The molecule has 0 saturated carbocycles. The highest BCUT2D eigenvalue weighted by atomic mass is 19.4. The number of rotatable bonds is 3. The fraction of sp³-hybridized carbons (Fsp3) is 0.538. The average Bonchev–Trinajstić information content (AvgIpc) is 2.85. The number of alkyl halides is 3. The fourth-order valence-electron chi connectivity index (χ4n) is 2.51. The lowest BCUT2D eigenvalue weighted by molar-refractivity contribution is -0.227. The van der Waals surface area contributed by atoms with Gasteiger partial charge in [0.15, 0.2) is 5.41 Å². The predicted molar refractivity (Wildman–Crippen MR) is 65.0 cm³/mol. The minimum Gasteiger partial charge on any atom is -0.481 e. The second-order valence-corrected chi connectivity index (χ2v) is 5.04. The van der Waals surface area contributed by atoms with Gasteiger partial charge in [0.1, 0.15) is 0 Å². The first-order chi connectivity index (χ1) is 9.28. The average molecular weight is 288 g/mol. The van der Waals surface area contributed by atoms with Crippen LogP contribution in [-0.4, -0.2) is 40.2 Å². The van der Waals surface area contributed by atoms with Crippen LogP contribution >= 0.6 is 0 Å². The van der Waals surface area contributed by atoms with Crippen LogP contribution in [0.15, 0.2) is 24.4 Å². The number of hydrogen-bond donors (Lipinski definition) is 1. The molecular weight excluding hydrogens is 273 g/mol. The maximum Gasteiger partial charge on any atom is 0.406 e. The van der Waals surface area contributed by atoms with Gasteiger partial charge in [-0.2, -0.15) is 13.2 Å². The number of carbonyl (C=O) groups is 1. The van der Waals surface area contributed by atoms with Gasteiger partial charge in [-0.05, 0) is 25.5 Å². The SMILES string of the molecule is CC(c1ccccn1)N1CCC(C(=O)O)(C(F)(F)F)C1. The minimum atomic E-state index is -4.75. The second kappa shape index (κ2) is 5.05. The largest absolute Gasteiger partial charge is 0.481 e. The summed E-state index contributed by atoms with van der Waals surface area (Å²) in [6, 6.07) is 4.85. The molecule has 1 saturated heterocycles. The van der Waals surface area contributed by atoms with Gasteiger partial charge in [0, 0.05) is 25.3 Å². The molecule has 0 spiro atoms. The van der Waals surface area contributed by atoms with Gasteiger partial charge in [0.05, 0.1) is 5.69 Å². The molecule has 2 rings (SSSR count). The van der Waals surface area contributed by atoms with Crippen LogP contribution in [0, 0.1) is 5.41 Å². The summed E-state index contributed by atoms with van der Waals surface area (Å²) < 4.78 is 39.2. The van der Waals surface area contributed by atoms with Gasteiger partial charge in [-0.15, -0.1) is 0 Å². The Bertz CT molecular complexity index is 492. The molecule has 0 bridgehead atoms. The Morgan fingerprint density at radius 2 is 2.20 bits per heavy atom. The van der Waals surface area contributed by atoms with E-state index in [4.69, 9.17) is 5.11 Å². The monoisotopic (exact) mass is 288 g/mol. The van der Waals surface area contributed by atoms with E-state index >= 15 is 0 Å². The number of nitrogens with zero attached hydrogens (tertiary/aromatic N) is 2. The van der Waals surface area contributed by atoms with E-state index < -0.39 is 30.5 Å². The number of pyridine rings is 1. The number of carboxylic acid groups (broad SMARTS) is 1. The summed E-state index contributed by atoms with van der Waals surface area (Å²) in [5.41, 5.74) is -2.04. The highest BCUT2D eigenvalue weighted by molar-refractivity contribution is 5.76. The molecular formula is C13H15F3N2O2. The summed E-state index contributed by atoms with van der Waals surface area (Å²) in [5.74, 6) is -1.80. The zero-order valence-electron chi connectivity index (χ0n) is 10.9. The summed E-state index contributed by atoms with van der Waals surface area (Å²) in [5, 5.41) is 9.01. The minimum absolute atomic E-state index is 0.0869. The van der Waals surface area contributed by atoms with E-state index in [-0.39, 0.29) is 12.6 Å². The Kier molecular flexibility index (Phi) is 3.73. The van der Waals surface area contributed by atoms with Crippen LogP contribution in [0.3, 0.4) is 0 Å². The molecule has 1 N–H and O–H groups in total. The van der Waals surface area contributed by atoms with Crippen LogP contribution in [0.25, 0.3) is 0 Å². The van der Waals surface area contributed by atoms with Gasteiger partial charge in [0.2, 0.25) is 0 Å². The van der Waals surface area contributed by atoms with E-state index in [0.717, 1.165) is 0 Å². The van der Waals surface area contributed by atoms with Crippen LogP contribution in [0.5, 0.6) is 0 Å². The van der Waals surface area contributed by atoms with Crippen LogP contribution < -0.4 is 0 Å². The molecule has 0 amide bonds. The number of aromatic nitrogens is 1. The van der Waals surface area contributed by atoms with E-state index in [1.807, 2.05) is 0 Å². The lowest BCUT2D eigenvalue weighted by Crippen LogP contribution is -2.47. The summed E-state index contributed by atoms with van der Waals surface area (Å²) in [6.07, 6.45) is -3.61. The van der Waals surface area contributed by atoms with Crippen LogP contribution in [0.2, 0.25) is 0 Å². The fourth-order valence-corrected chi connectivity index (χ4v) is 2.51. The Labute approximate surface area is 114 Å². The Hall–Kier alpha value is -1.63. The molecule has 1 aliphatic rings. The molecule has 4 nitrogen and oxygen atoms in total. The molecule has 2 atom stereocenters. The molecule has 0 aromatic carbocycles. The maximum absolute atomic E-state index is 13.1. The van der Waals surface area contributed by atoms with Crippen molar-refractivity contribution in [1.82, 2.24) is 9.88 Å². The summed E-state index contributed by atoms with van der Waals surface area (Å²) in [7, 11) is 0. The van der Waals surface area contributed by atoms with Crippen molar-refractivity contribution in [1.29, 1.82) is 0 Å². The van der Waals surface area contributed by atoms with E-state index in [0.29, 0.717) is 5.69 Å². The standard InChI is InChI=1S/C13H15F3N2O2/c1-9(10-4-2-3-6-17-10)18-7-5-12(8-18,11(19)20)13(14,15)16/h2-4,6,9H,5,7-8H2,1H3,(H,19,20). The van der Waals surface area contributed by atoms with Crippen molar-refractivity contribution in [2.75, 3.05) is 13.1 Å². The summed E-state index contributed by atoms with van der Waals surface area (Å²) >= 11 is 0. The molecule has 1 aromatic rings. The van der Waals surface area contributed by atoms with Gasteiger partial charge in [-0.3, -0.25) is 14.7 Å².